The van der Waals surface area contributed by atoms with Gasteiger partial charge in [0, 0.05) is 23.2 Å². The van der Waals surface area contributed by atoms with Gasteiger partial charge in [-0.05, 0) is 63.0 Å². The monoisotopic (exact) mass is 554 g/mol. The summed E-state index contributed by atoms with van der Waals surface area (Å²) in [7, 11) is 2.01. The average Bonchev–Trinajstić information content (AvgIpc) is 3.30. The standard InChI is InChI=1S/C33H39ClN6/c1-6-9-12-24(8-3)25-13-10-14-26(19-25)31-29(34)23-37-32(39-31)38-27-20-28(22-36-21-27)40-18-16-33(4,15-17-35-5)30(40)11-7-2/h6,8-14,19-23,35H,1,7,15-18H2,2-5H3,(H,37,38,39)/b12-9-,24-8+,30-11+. The summed E-state index contributed by atoms with van der Waals surface area (Å²) in [6.45, 7) is 12.3. The summed E-state index contributed by atoms with van der Waals surface area (Å²) in [6, 6.07) is 10.3. The van der Waals surface area contributed by atoms with E-state index >= 15 is 0 Å². The Hall–Kier alpha value is -3.74. The van der Waals surface area contributed by atoms with Crippen LogP contribution in [-0.2, 0) is 0 Å². The number of pyridine rings is 1. The van der Waals surface area contributed by atoms with Crippen molar-refractivity contribution in [3.05, 3.63) is 102 Å². The molecular weight excluding hydrogens is 516 g/mol. The minimum absolute atomic E-state index is 0.138. The van der Waals surface area contributed by atoms with Gasteiger partial charge in [-0.3, -0.25) is 4.98 Å². The normalized spacial score (nSPS) is 18.6. The molecule has 1 aliphatic heterocycles. The Kier molecular flexibility index (Phi) is 9.91. The van der Waals surface area contributed by atoms with Crippen LogP contribution in [0.5, 0.6) is 0 Å². The lowest BCUT2D eigenvalue weighted by Crippen LogP contribution is -2.26. The number of allylic oxidation sites excluding steroid dienone is 7. The molecule has 4 rings (SSSR count). The highest BCUT2D eigenvalue weighted by atomic mass is 35.5. The van der Waals surface area contributed by atoms with E-state index in [9.17, 15) is 0 Å². The van der Waals surface area contributed by atoms with Crippen molar-refractivity contribution in [2.24, 2.45) is 5.41 Å². The third-order valence-electron chi connectivity index (χ3n) is 7.35. The first kappa shape index (κ1) is 29.2. The van der Waals surface area contributed by atoms with Gasteiger partial charge in [0.05, 0.1) is 40.7 Å². The highest BCUT2D eigenvalue weighted by Crippen LogP contribution is 2.45. The van der Waals surface area contributed by atoms with Crippen LogP contribution in [0, 0.1) is 5.41 Å². The molecule has 1 unspecified atom stereocenters. The molecule has 1 saturated heterocycles. The van der Waals surface area contributed by atoms with Gasteiger partial charge in [0.2, 0.25) is 5.95 Å². The molecule has 1 atom stereocenters. The zero-order valence-electron chi connectivity index (χ0n) is 23.9. The van der Waals surface area contributed by atoms with Crippen molar-refractivity contribution in [3.8, 4) is 11.3 Å². The Labute approximate surface area is 243 Å². The quantitative estimate of drug-likeness (QED) is 0.233. The molecule has 208 valence electrons. The summed E-state index contributed by atoms with van der Waals surface area (Å²) in [4.78, 5) is 16.2. The molecule has 1 fully saturated rings. The van der Waals surface area contributed by atoms with E-state index in [2.05, 4.69) is 76.3 Å². The van der Waals surface area contributed by atoms with Gasteiger partial charge >= 0.3 is 0 Å². The van der Waals surface area contributed by atoms with Crippen molar-refractivity contribution < 1.29 is 0 Å². The number of anilines is 3. The second kappa shape index (κ2) is 13.6. The maximum absolute atomic E-state index is 6.58. The Morgan fingerprint density at radius 2 is 2.08 bits per heavy atom. The van der Waals surface area contributed by atoms with Gasteiger partial charge in [-0.2, -0.15) is 0 Å². The molecule has 2 N–H and O–H groups in total. The highest BCUT2D eigenvalue weighted by molar-refractivity contribution is 6.32. The Morgan fingerprint density at radius 3 is 2.83 bits per heavy atom. The van der Waals surface area contributed by atoms with E-state index in [4.69, 9.17) is 16.6 Å². The minimum Gasteiger partial charge on any atom is -0.344 e. The molecule has 0 amide bonds. The zero-order chi connectivity index (χ0) is 28.5. The molecule has 0 aliphatic carbocycles. The van der Waals surface area contributed by atoms with Gasteiger partial charge in [-0.25, -0.2) is 9.97 Å². The van der Waals surface area contributed by atoms with E-state index in [1.54, 1.807) is 18.5 Å². The molecule has 3 aromatic rings. The van der Waals surface area contributed by atoms with Crippen molar-refractivity contribution in [1.82, 2.24) is 20.3 Å². The van der Waals surface area contributed by atoms with E-state index in [-0.39, 0.29) is 5.41 Å². The van der Waals surface area contributed by atoms with E-state index < -0.39 is 0 Å². The molecule has 1 aliphatic rings. The maximum atomic E-state index is 6.58. The zero-order valence-corrected chi connectivity index (χ0v) is 24.7. The second-order valence-corrected chi connectivity index (χ2v) is 10.6. The predicted molar refractivity (Wildman–Crippen MR) is 170 cm³/mol. The van der Waals surface area contributed by atoms with Crippen LogP contribution in [-0.4, -0.2) is 35.1 Å². The lowest BCUT2D eigenvalue weighted by atomic mass is 9.82. The third kappa shape index (κ3) is 6.69. The number of hydrogen-bond donors (Lipinski definition) is 2. The van der Waals surface area contributed by atoms with Gasteiger partial charge in [0.1, 0.15) is 0 Å². The van der Waals surface area contributed by atoms with Crippen LogP contribution in [0.4, 0.5) is 17.3 Å². The number of rotatable bonds is 11. The van der Waals surface area contributed by atoms with Crippen LogP contribution < -0.4 is 15.5 Å². The fourth-order valence-electron chi connectivity index (χ4n) is 5.18. The first-order chi connectivity index (χ1) is 19.4. The number of aromatic nitrogens is 3. The summed E-state index contributed by atoms with van der Waals surface area (Å²) in [5, 5.41) is 7.15. The molecule has 2 aromatic heterocycles. The van der Waals surface area contributed by atoms with Crippen LogP contribution in [0.3, 0.4) is 0 Å². The molecule has 7 heteroatoms. The summed E-state index contributed by atoms with van der Waals surface area (Å²) in [6.07, 6.45) is 18.7. The molecule has 1 aromatic carbocycles. The lowest BCUT2D eigenvalue weighted by Gasteiger charge is -2.30. The van der Waals surface area contributed by atoms with Crippen LogP contribution >= 0.6 is 11.6 Å². The Bertz CT molecular complexity index is 1430. The highest BCUT2D eigenvalue weighted by Gasteiger charge is 2.38. The molecule has 3 heterocycles. The number of hydrogen-bond acceptors (Lipinski definition) is 6. The maximum Gasteiger partial charge on any atom is 0.227 e. The van der Waals surface area contributed by atoms with Gasteiger partial charge in [-0.1, -0.05) is 80.6 Å². The molecule has 40 heavy (non-hydrogen) atoms. The summed E-state index contributed by atoms with van der Waals surface area (Å²) >= 11 is 6.58. The van der Waals surface area contributed by atoms with Crippen molar-refractivity contribution in [2.45, 2.75) is 40.0 Å². The van der Waals surface area contributed by atoms with E-state index in [0.717, 1.165) is 60.4 Å². The average molecular weight is 555 g/mol. The lowest BCUT2D eigenvalue weighted by molar-refractivity contribution is 0.376. The Balaban J connectivity index is 1.60. The van der Waals surface area contributed by atoms with Gasteiger partial charge in [0.15, 0.2) is 0 Å². The fraction of sp³-hybridized carbons (Fsp3) is 0.303. The number of benzene rings is 1. The van der Waals surface area contributed by atoms with E-state index in [1.807, 2.05) is 44.5 Å². The fourth-order valence-corrected chi connectivity index (χ4v) is 5.38. The predicted octanol–water partition coefficient (Wildman–Crippen LogP) is 8.20. The van der Waals surface area contributed by atoms with Gasteiger partial charge < -0.3 is 15.5 Å². The molecule has 6 nitrogen and oxygen atoms in total. The van der Waals surface area contributed by atoms with Gasteiger partial charge in [-0.15, -0.1) is 0 Å². The summed E-state index contributed by atoms with van der Waals surface area (Å²) in [5.74, 6) is 0.464. The first-order valence-electron chi connectivity index (χ1n) is 13.9. The smallest absolute Gasteiger partial charge is 0.227 e. The largest absolute Gasteiger partial charge is 0.344 e. The summed E-state index contributed by atoms with van der Waals surface area (Å²) in [5.41, 5.74) is 7.14. The first-order valence-corrected chi connectivity index (χ1v) is 14.2. The molecule has 0 spiro atoms. The second-order valence-electron chi connectivity index (χ2n) is 10.2. The molecule has 0 bridgehead atoms. The third-order valence-corrected chi connectivity index (χ3v) is 7.63. The summed E-state index contributed by atoms with van der Waals surface area (Å²) < 4.78 is 0. The molecular formula is C33H39ClN6. The Morgan fingerprint density at radius 1 is 1.23 bits per heavy atom. The van der Waals surface area contributed by atoms with Gasteiger partial charge in [0.25, 0.3) is 0 Å². The topological polar surface area (TPSA) is 66.0 Å². The number of halogens is 1. The SMILES string of the molecule is C=C/C=C\C(=C/C)c1cccc(-c2nc(Nc3cncc(N4CCC(C)(CCNC)/C4=C\CC)c3)ncc2Cl)c1. The van der Waals surface area contributed by atoms with Crippen LogP contribution in [0.25, 0.3) is 16.8 Å². The number of nitrogens with zero attached hydrogens (tertiary/aromatic N) is 4. The van der Waals surface area contributed by atoms with Crippen molar-refractivity contribution in [2.75, 3.05) is 30.4 Å². The van der Waals surface area contributed by atoms with Crippen molar-refractivity contribution >= 4 is 34.5 Å². The minimum atomic E-state index is 0.138. The van der Waals surface area contributed by atoms with Crippen molar-refractivity contribution in [1.29, 1.82) is 0 Å². The van der Waals surface area contributed by atoms with Crippen LogP contribution in [0.2, 0.25) is 5.02 Å². The van der Waals surface area contributed by atoms with E-state index in [1.165, 1.54) is 5.70 Å². The molecule has 0 saturated carbocycles. The van der Waals surface area contributed by atoms with Crippen molar-refractivity contribution in [3.63, 3.8) is 0 Å². The molecule has 0 radical (unpaired) electrons. The van der Waals surface area contributed by atoms with Crippen LogP contribution in [0.15, 0.2) is 91.6 Å². The van der Waals surface area contributed by atoms with Crippen LogP contribution in [0.1, 0.15) is 45.6 Å². The number of nitrogens with one attached hydrogen (secondary N) is 2. The van der Waals surface area contributed by atoms with E-state index in [0.29, 0.717) is 16.7 Å².